The lowest BCUT2D eigenvalue weighted by Crippen LogP contribution is -2.27. The maximum Gasteiger partial charge on any atom is 0.255 e. The summed E-state index contributed by atoms with van der Waals surface area (Å²) in [5.41, 5.74) is 1.50. The lowest BCUT2D eigenvalue weighted by atomic mass is 10.0. The van der Waals surface area contributed by atoms with E-state index >= 15 is 0 Å². The number of phenolic OH excluding ortho intramolecular Hbond substituents is 4. The molecule has 0 aromatic heterocycles. The van der Waals surface area contributed by atoms with Crippen molar-refractivity contribution < 1.29 is 45.0 Å². The molecule has 0 radical (unpaired) electrons. The molecular weight excluding hydrogens is 546 g/mol. The van der Waals surface area contributed by atoms with E-state index in [0.717, 1.165) is 0 Å². The van der Waals surface area contributed by atoms with Crippen LogP contribution < -0.4 is 16.0 Å². The van der Waals surface area contributed by atoms with Gasteiger partial charge in [0, 0.05) is 19.6 Å². The molecular formula is C30H29N3O9. The molecule has 0 aliphatic heterocycles. The number of carbonyl (C=O) groups excluding carboxylic acids is 3. The number of benzene rings is 3. The smallest absolute Gasteiger partial charge is 0.255 e. The van der Waals surface area contributed by atoms with Gasteiger partial charge < -0.3 is 46.6 Å². The molecule has 0 spiro atoms. The Bertz CT molecular complexity index is 1530. The number of carbonyl (C=O) groups is 3. The molecule has 3 aromatic carbocycles. The van der Waals surface area contributed by atoms with Crippen molar-refractivity contribution in [3.05, 3.63) is 106 Å². The molecule has 1 aliphatic carbocycles. The molecule has 0 atom stereocenters. The fraction of sp³-hybridized carbons (Fsp3) is 0.167. The molecule has 4 rings (SSSR count). The third kappa shape index (κ3) is 6.73. The highest BCUT2D eigenvalue weighted by Gasteiger charge is 2.21. The molecule has 9 N–H and O–H groups in total. The van der Waals surface area contributed by atoms with Crippen molar-refractivity contribution in [2.24, 2.45) is 0 Å². The van der Waals surface area contributed by atoms with E-state index in [1.54, 1.807) is 18.2 Å². The van der Waals surface area contributed by atoms with E-state index in [0.29, 0.717) is 23.1 Å². The third-order valence-electron chi connectivity index (χ3n) is 6.52. The van der Waals surface area contributed by atoms with Crippen molar-refractivity contribution in [3.8, 4) is 23.0 Å². The number of hydrogen-bond donors (Lipinski definition) is 9. The van der Waals surface area contributed by atoms with E-state index in [1.165, 1.54) is 42.5 Å². The van der Waals surface area contributed by atoms with Crippen LogP contribution in [0.4, 0.5) is 0 Å². The second kappa shape index (κ2) is 12.7. The topological polar surface area (TPSA) is 209 Å². The van der Waals surface area contributed by atoms with Crippen LogP contribution in [-0.2, 0) is 24.4 Å². The maximum atomic E-state index is 12.7. The Morgan fingerprint density at radius 1 is 0.619 bits per heavy atom. The molecule has 0 saturated heterocycles. The number of aromatic hydroxyl groups is 4. The van der Waals surface area contributed by atoms with E-state index in [4.69, 9.17) is 0 Å². The number of nitrogens with one attached hydrogen (secondary N) is 3. The second-order valence-electron chi connectivity index (χ2n) is 9.51. The molecule has 3 aromatic rings. The molecule has 12 nitrogen and oxygen atoms in total. The standard InChI is InChI=1S/C30H29N3O9/c34-22-7-1-4-19(25(22)37)28(40)31-13-16-10-17(14-32-29(41)20-5-2-8-23(35)26(20)38)12-18(11-16)15-33-30(42)21-6-3-9-24(36)27(21)39/h1-2,4-5,7-12,34-39H,3,6,13-15H2,(H,31,40)(H,32,41)(H,33,42). The number of phenols is 4. The Kier molecular flexibility index (Phi) is 8.86. The quantitative estimate of drug-likeness (QED) is 0.172. The van der Waals surface area contributed by atoms with Gasteiger partial charge in [0.05, 0.1) is 16.7 Å². The van der Waals surface area contributed by atoms with Gasteiger partial charge in [0.25, 0.3) is 17.7 Å². The first-order valence-electron chi connectivity index (χ1n) is 12.8. The van der Waals surface area contributed by atoms with Crippen LogP contribution in [0.3, 0.4) is 0 Å². The van der Waals surface area contributed by atoms with Crippen LogP contribution in [0.2, 0.25) is 0 Å². The SMILES string of the molecule is O=C(NCc1cc(CNC(=O)c2cccc(O)c2O)cc(CNC(=O)c2cccc(O)c2O)c1)C1=C(O)C(O)=CCC1. The Hall–Kier alpha value is -5.65. The van der Waals surface area contributed by atoms with E-state index < -0.39 is 46.5 Å². The van der Waals surface area contributed by atoms with Crippen molar-refractivity contribution in [3.63, 3.8) is 0 Å². The average Bonchev–Trinajstić information content (AvgIpc) is 2.97. The largest absolute Gasteiger partial charge is 0.504 e. The van der Waals surface area contributed by atoms with Gasteiger partial charge >= 0.3 is 0 Å². The molecule has 0 fully saturated rings. The minimum Gasteiger partial charge on any atom is -0.504 e. The molecule has 12 heteroatoms. The zero-order valence-electron chi connectivity index (χ0n) is 22.2. The van der Waals surface area contributed by atoms with Crippen LogP contribution in [-0.4, -0.2) is 48.4 Å². The third-order valence-corrected chi connectivity index (χ3v) is 6.52. The van der Waals surface area contributed by atoms with Crippen LogP contribution in [0, 0.1) is 0 Å². The molecule has 0 bridgehead atoms. The number of hydrogen-bond acceptors (Lipinski definition) is 9. The number of amides is 3. The zero-order chi connectivity index (χ0) is 30.4. The summed E-state index contributed by atoms with van der Waals surface area (Å²) in [4.78, 5) is 38.0. The summed E-state index contributed by atoms with van der Waals surface area (Å²) in [6.07, 6.45) is 2.05. The van der Waals surface area contributed by atoms with Crippen LogP contribution in [0.15, 0.2) is 77.8 Å². The van der Waals surface area contributed by atoms with Crippen LogP contribution >= 0.6 is 0 Å². The first-order chi connectivity index (χ1) is 20.0. The Morgan fingerprint density at radius 3 is 1.50 bits per heavy atom. The Balaban J connectivity index is 1.52. The van der Waals surface area contributed by atoms with E-state index in [1.807, 2.05) is 0 Å². The highest BCUT2D eigenvalue weighted by atomic mass is 16.3. The fourth-order valence-electron chi connectivity index (χ4n) is 4.36. The molecule has 0 unspecified atom stereocenters. The summed E-state index contributed by atoms with van der Waals surface area (Å²) < 4.78 is 0. The lowest BCUT2D eigenvalue weighted by Gasteiger charge is -2.16. The van der Waals surface area contributed by atoms with E-state index in [2.05, 4.69) is 16.0 Å². The van der Waals surface area contributed by atoms with E-state index in [9.17, 15) is 45.0 Å². The molecule has 1 aliphatic rings. The number of aliphatic hydroxyl groups is 2. The summed E-state index contributed by atoms with van der Waals surface area (Å²) in [5.74, 6) is -4.73. The minimum atomic E-state index is -0.649. The molecule has 218 valence electrons. The summed E-state index contributed by atoms with van der Waals surface area (Å²) in [5, 5.41) is 67.2. The van der Waals surface area contributed by atoms with Gasteiger partial charge in [0.2, 0.25) is 0 Å². The number of allylic oxidation sites excluding steroid dienone is 1. The summed E-state index contributed by atoms with van der Waals surface area (Å²) in [6.45, 7) is -0.0350. The zero-order valence-corrected chi connectivity index (χ0v) is 22.2. The lowest BCUT2D eigenvalue weighted by molar-refractivity contribution is -0.118. The highest BCUT2D eigenvalue weighted by Crippen LogP contribution is 2.29. The number of aliphatic hydroxyl groups excluding tert-OH is 2. The van der Waals surface area contributed by atoms with E-state index in [-0.39, 0.29) is 48.5 Å². The van der Waals surface area contributed by atoms with Crippen LogP contribution in [0.5, 0.6) is 23.0 Å². The van der Waals surface area contributed by atoms with Gasteiger partial charge in [-0.15, -0.1) is 0 Å². The van der Waals surface area contributed by atoms with Crippen LogP contribution in [0.25, 0.3) is 0 Å². The predicted molar refractivity (Wildman–Crippen MR) is 150 cm³/mol. The number of rotatable bonds is 9. The maximum absolute atomic E-state index is 12.7. The first kappa shape index (κ1) is 29.3. The summed E-state index contributed by atoms with van der Waals surface area (Å²) in [7, 11) is 0. The van der Waals surface area contributed by atoms with Crippen molar-refractivity contribution in [1.82, 2.24) is 16.0 Å². The minimum absolute atomic E-state index is 0.00349. The predicted octanol–water partition coefficient (Wildman–Crippen LogP) is 3.03. The first-order valence-corrected chi connectivity index (χ1v) is 12.8. The van der Waals surface area contributed by atoms with Gasteiger partial charge in [0.15, 0.2) is 34.5 Å². The molecule has 42 heavy (non-hydrogen) atoms. The van der Waals surface area contributed by atoms with Gasteiger partial charge in [-0.05, 0) is 59.9 Å². The molecule has 0 heterocycles. The summed E-state index contributed by atoms with van der Waals surface area (Å²) >= 11 is 0. The average molecular weight is 576 g/mol. The van der Waals surface area contributed by atoms with Gasteiger partial charge in [-0.25, -0.2) is 0 Å². The molecule has 0 saturated carbocycles. The van der Waals surface area contributed by atoms with Crippen molar-refractivity contribution in [2.45, 2.75) is 32.5 Å². The van der Waals surface area contributed by atoms with Gasteiger partial charge in [-0.3, -0.25) is 14.4 Å². The van der Waals surface area contributed by atoms with Gasteiger partial charge in [-0.2, -0.15) is 0 Å². The van der Waals surface area contributed by atoms with Gasteiger partial charge in [-0.1, -0.05) is 30.3 Å². The number of para-hydroxylation sites is 2. The van der Waals surface area contributed by atoms with Crippen molar-refractivity contribution >= 4 is 17.7 Å². The second-order valence-corrected chi connectivity index (χ2v) is 9.51. The molecule has 3 amide bonds. The Morgan fingerprint density at radius 2 is 1.05 bits per heavy atom. The normalized spacial score (nSPS) is 12.8. The van der Waals surface area contributed by atoms with Crippen molar-refractivity contribution in [1.29, 1.82) is 0 Å². The van der Waals surface area contributed by atoms with Crippen molar-refractivity contribution in [2.75, 3.05) is 0 Å². The van der Waals surface area contributed by atoms with Gasteiger partial charge in [0.1, 0.15) is 0 Å². The summed E-state index contributed by atoms with van der Waals surface area (Å²) in [6, 6.07) is 13.1. The Labute approximate surface area is 239 Å². The van der Waals surface area contributed by atoms with Crippen LogP contribution in [0.1, 0.15) is 50.2 Å². The fourth-order valence-corrected chi connectivity index (χ4v) is 4.36. The highest BCUT2D eigenvalue weighted by molar-refractivity contribution is 5.98. The monoisotopic (exact) mass is 575 g/mol.